The lowest BCUT2D eigenvalue weighted by atomic mass is 10.2. The zero-order chi connectivity index (χ0) is 10.6. The standard InChI is InChI=1S/C10H9FN2O/c1-2-10(14)13-8-3-4-9(11)7(5-8)6-12/h1,3-5H,6,12H2,(H,13,14). The van der Waals surface area contributed by atoms with Crippen molar-refractivity contribution >= 4 is 11.6 Å². The summed E-state index contributed by atoms with van der Waals surface area (Å²) in [7, 11) is 0. The molecule has 14 heavy (non-hydrogen) atoms. The molecule has 1 amide bonds. The predicted molar refractivity (Wildman–Crippen MR) is 51.8 cm³/mol. The Morgan fingerprint density at radius 2 is 2.36 bits per heavy atom. The molecule has 0 aromatic heterocycles. The molecule has 0 atom stereocenters. The van der Waals surface area contributed by atoms with Crippen molar-refractivity contribution in [2.24, 2.45) is 5.73 Å². The van der Waals surface area contributed by atoms with E-state index in [0.717, 1.165) is 0 Å². The summed E-state index contributed by atoms with van der Waals surface area (Å²) in [5, 5.41) is 2.40. The quantitative estimate of drug-likeness (QED) is 0.683. The lowest BCUT2D eigenvalue weighted by molar-refractivity contribution is -0.111. The fourth-order valence-electron chi connectivity index (χ4n) is 0.976. The number of hydrogen-bond donors (Lipinski definition) is 2. The van der Waals surface area contributed by atoms with Gasteiger partial charge in [-0.05, 0) is 24.1 Å². The van der Waals surface area contributed by atoms with Gasteiger partial charge in [0.15, 0.2) is 0 Å². The first-order valence-electron chi connectivity index (χ1n) is 3.93. The van der Waals surface area contributed by atoms with Crippen LogP contribution >= 0.6 is 0 Å². The van der Waals surface area contributed by atoms with E-state index < -0.39 is 11.7 Å². The van der Waals surface area contributed by atoms with Crippen molar-refractivity contribution in [3.8, 4) is 12.3 Å². The lowest BCUT2D eigenvalue weighted by Crippen LogP contribution is -2.09. The molecule has 3 nitrogen and oxygen atoms in total. The van der Waals surface area contributed by atoms with Gasteiger partial charge >= 0.3 is 0 Å². The highest BCUT2D eigenvalue weighted by atomic mass is 19.1. The van der Waals surface area contributed by atoms with Crippen LogP contribution in [0.15, 0.2) is 18.2 Å². The molecule has 1 rings (SSSR count). The van der Waals surface area contributed by atoms with Crippen LogP contribution in [0.2, 0.25) is 0 Å². The summed E-state index contributed by atoms with van der Waals surface area (Å²) in [4.78, 5) is 10.8. The highest BCUT2D eigenvalue weighted by molar-refractivity contribution is 6.03. The molecule has 0 saturated heterocycles. The molecule has 0 aliphatic rings. The molecule has 1 aromatic carbocycles. The molecule has 0 bridgehead atoms. The maximum absolute atomic E-state index is 13.0. The van der Waals surface area contributed by atoms with Gasteiger partial charge in [0.25, 0.3) is 5.91 Å². The molecule has 0 spiro atoms. The Bertz CT molecular complexity index is 396. The fraction of sp³-hybridized carbons (Fsp3) is 0.100. The van der Waals surface area contributed by atoms with E-state index >= 15 is 0 Å². The van der Waals surface area contributed by atoms with Gasteiger partial charge in [-0.1, -0.05) is 0 Å². The van der Waals surface area contributed by atoms with Gasteiger partial charge in [-0.25, -0.2) is 4.39 Å². The average molecular weight is 192 g/mol. The van der Waals surface area contributed by atoms with E-state index in [4.69, 9.17) is 12.2 Å². The van der Waals surface area contributed by atoms with Crippen LogP contribution < -0.4 is 11.1 Å². The number of nitrogens with two attached hydrogens (primary N) is 1. The Morgan fingerprint density at radius 3 is 2.93 bits per heavy atom. The maximum atomic E-state index is 13.0. The van der Waals surface area contributed by atoms with E-state index in [0.29, 0.717) is 11.3 Å². The summed E-state index contributed by atoms with van der Waals surface area (Å²) in [5.74, 6) is 0.924. The first-order valence-corrected chi connectivity index (χ1v) is 3.93. The Kier molecular flexibility index (Phi) is 3.21. The summed E-state index contributed by atoms with van der Waals surface area (Å²) < 4.78 is 13.0. The number of carbonyl (C=O) groups is 1. The van der Waals surface area contributed by atoms with Crippen LogP contribution in [0.4, 0.5) is 10.1 Å². The molecule has 3 N–H and O–H groups in total. The molecule has 4 heteroatoms. The minimum absolute atomic E-state index is 0.0750. The Morgan fingerprint density at radius 1 is 1.64 bits per heavy atom. The number of halogens is 1. The molecule has 72 valence electrons. The normalized spacial score (nSPS) is 9.21. The Hall–Kier alpha value is -1.86. The molecular weight excluding hydrogens is 183 g/mol. The van der Waals surface area contributed by atoms with Gasteiger partial charge in [0, 0.05) is 17.8 Å². The molecular formula is C10H9FN2O. The third-order valence-corrected chi connectivity index (χ3v) is 1.65. The highest BCUT2D eigenvalue weighted by Gasteiger charge is 2.03. The second kappa shape index (κ2) is 4.40. The van der Waals surface area contributed by atoms with Gasteiger partial charge in [-0.3, -0.25) is 4.79 Å². The smallest absolute Gasteiger partial charge is 0.300 e. The number of carbonyl (C=O) groups excluding carboxylic acids is 1. The number of rotatable bonds is 2. The van der Waals surface area contributed by atoms with E-state index in [-0.39, 0.29) is 6.54 Å². The number of nitrogens with one attached hydrogen (secondary N) is 1. The number of benzene rings is 1. The maximum Gasteiger partial charge on any atom is 0.300 e. The van der Waals surface area contributed by atoms with Gasteiger partial charge in [0.1, 0.15) is 5.82 Å². The van der Waals surface area contributed by atoms with Crippen LogP contribution in [-0.4, -0.2) is 5.91 Å². The molecule has 0 fully saturated rings. The van der Waals surface area contributed by atoms with Crippen molar-refractivity contribution in [3.05, 3.63) is 29.6 Å². The van der Waals surface area contributed by atoms with Crippen LogP contribution in [-0.2, 0) is 11.3 Å². The third-order valence-electron chi connectivity index (χ3n) is 1.65. The molecule has 0 aliphatic heterocycles. The van der Waals surface area contributed by atoms with E-state index in [1.807, 2.05) is 5.92 Å². The van der Waals surface area contributed by atoms with Crippen molar-refractivity contribution in [1.29, 1.82) is 0 Å². The van der Waals surface area contributed by atoms with E-state index in [9.17, 15) is 9.18 Å². The second-order valence-electron chi connectivity index (χ2n) is 2.61. The summed E-state index contributed by atoms with van der Waals surface area (Å²) in [6.07, 6.45) is 4.86. The largest absolute Gasteiger partial charge is 0.326 e. The third kappa shape index (κ3) is 2.31. The first kappa shape index (κ1) is 10.2. The number of amides is 1. The molecule has 0 unspecified atom stereocenters. The predicted octanol–water partition coefficient (Wildman–Crippen LogP) is 0.856. The van der Waals surface area contributed by atoms with Gasteiger partial charge < -0.3 is 11.1 Å². The van der Waals surface area contributed by atoms with Crippen LogP contribution in [0.3, 0.4) is 0 Å². The van der Waals surface area contributed by atoms with Gasteiger partial charge in [-0.2, -0.15) is 0 Å². The highest BCUT2D eigenvalue weighted by Crippen LogP contribution is 2.13. The van der Waals surface area contributed by atoms with Crippen molar-refractivity contribution in [3.63, 3.8) is 0 Å². The van der Waals surface area contributed by atoms with Gasteiger partial charge in [-0.15, -0.1) is 6.42 Å². The summed E-state index contributed by atoms with van der Waals surface area (Å²) >= 11 is 0. The molecule has 0 aliphatic carbocycles. The lowest BCUT2D eigenvalue weighted by Gasteiger charge is -2.04. The summed E-state index contributed by atoms with van der Waals surface area (Å²) in [6.45, 7) is 0.0750. The topological polar surface area (TPSA) is 55.1 Å². The van der Waals surface area contributed by atoms with Gasteiger partial charge in [0.2, 0.25) is 0 Å². The van der Waals surface area contributed by atoms with Crippen LogP contribution in [0, 0.1) is 18.2 Å². The van der Waals surface area contributed by atoms with E-state index in [1.165, 1.54) is 18.2 Å². The zero-order valence-electron chi connectivity index (χ0n) is 7.38. The van der Waals surface area contributed by atoms with E-state index in [1.54, 1.807) is 0 Å². The Balaban J connectivity index is 2.91. The van der Waals surface area contributed by atoms with Crippen molar-refractivity contribution in [1.82, 2.24) is 0 Å². The monoisotopic (exact) mass is 192 g/mol. The van der Waals surface area contributed by atoms with Crippen LogP contribution in [0.5, 0.6) is 0 Å². The van der Waals surface area contributed by atoms with Crippen molar-refractivity contribution in [2.75, 3.05) is 5.32 Å². The second-order valence-corrected chi connectivity index (χ2v) is 2.61. The van der Waals surface area contributed by atoms with E-state index in [2.05, 4.69) is 5.32 Å². The fourth-order valence-corrected chi connectivity index (χ4v) is 0.976. The van der Waals surface area contributed by atoms with Crippen LogP contribution in [0.25, 0.3) is 0 Å². The molecule has 1 aromatic rings. The number of anilines is 1. The SMILES string of the molecule is C#CC(=O)Nc1ccc(F)c(CN)c1. The van der Waals surface area contributed by atoms with Crippen LogP contribution in [0.1, 0.15) is 5.56 Å². The van der Waals surface area contributed by atoms with Gasteiger partial charge in [0.05, 0.1) is 0 Å². The molecule has 0 radical (unpaired) electrons. The molecule has 0 heterocycles. The average Bonchev–Trinajstić information content (AvgIpc) is 2.20. The zero-order valence-corrected chi connectivity index (χ0v) is 7.38. The van der Waals surface area contributed by atoms with Crippen molar-refractivity contribution in [2.45, 2.75) is 6.54 Å². The molecule has 0 saturated carbocycles. The minimum atomic E-state index is -0.570. The van der Waals surface area contributed by atoms with Crippen molar-refractivity contribution < 1.29 is 9.18 Å². The summed E-state index contributed by atoms with van der Waals surface area (Å²) in [6, 6.07) is 4.10. The minimum Gasteiger partial charge on any atom is -0.326 e. The number of hydrogen-bond acceptors (Lipinski definition) is 2. The Labute approximate surface area is 81.1 Å². The first-order chi connectivity index (χ1) is 6.67. The summed E-state index contributed by atoms with van der Waals surface area (Å²) in [5.41, 5.74) is 6.06. The number of terminal acetylenes is 1.